The number of rotatable bonds is 2. The van der Waals surface area contributed by atoms with E-state index in [1.165, 1.54) is 0 Å². The zero-order valence-electron chi connectivity index (χ0n) is 11.4. The lowest BCUT2D eigenvalue weighted by molar-refractivity contribution is -0.148. The van der Waals surface area contributed by atoms with Crippen LogP contribution in [0.3, 0.4) is 0 Å². The zero-order chi connectivity index (χ0) is 14.2. The topological polar surface area (TPSA) is 66.3 Å². The number of hydrogen-bond donors (Lipinski definition) is 1. The van der Waals surface area contributed by atoms with Gasteiger partial charge in [0.15, 0.2) is 0 Å². The van der Waals surface area contributed by atoms with Crippen molar-refractivity contribution in [2.75, 3.05) is 18.0 Å². The van der Waals surface area contributed by atoms with E-state index >= 15 is 0 Å². The fourth-order valence-electron chi connectivity index (χ4n) is 2.86. The summed E-state index contributed by atoms with van der Waals surface area (Å²) in [6.45, 7) is 3.19. The van der Waals surface area contributed by atoms with Crippen LogP contribution in [0.5, 0.6) is 0 Å². The van der Waals surface area contributed by atoms with Crippen molar-refractivity contribution in [2.45, 2.75) is 19.8 Å². The molecule has 0 saturated carbocycles. The van der Waals surface area contributed by atoms with Crippen molar-refractivity contribution < 1.29 is 9.90 Å². The molecular weight excluding hydrogens is 254 g/mol. The first-order valence-electron chi connectivity index (χ1n) is 6.79. The number of benzene rings is 1. The summed E-state index contributed by atoms with van der Waals surface area (Å²) in [7, 11) is 0. The van der Waals surface area contributed by atoms with Crippen molar-refractivity contribution in [3.05, 3.63) is 30.5 Å². The minimum Gasteiger partial charge on any atom is -0.481 e. The molecule has 1 aromatic carbocycles. The molecule has 20 heavy (non-hydrogen) atoms. The van der Waals surface area contributed by atoms with Crippen molar-refractivity contribution in [3.8, 4) is 0 Å². The smallest absolute Gasteiger partial charge is 0.311 e. The van der Waals surface area contributed by atoms with Crippen molar-refractivity contribution >= 4 is 22.6 Å². The van der Waals surface area contributed by atoms with Gasteiger partial charge in [-0.25, -0.2) is 0 Å². The fourth-order valence-corrected chi connectivity index (χ4v) is 2.86. The third-order valence-electron chi connectivity index (χ3n) is 4.08. The maximum atomic E-state index is 11.5. The first-order chi connectivity index (χ1) is 9.60. The van der Waals surface area contributed by atoms with Crippen molar-refractivity contribution in [2.24, 2.45) is 5.41 Å². The van der Waals surface area contributed by atoms with Crippen LogP contribution in [-0.4, -0.2) is 34.4 Å². The van der Waals surface area contributed by atoms with Gasteiger partial charge >= 0.3 is 5.97 Å². The standard InChI is InChI=1S/C15H17N3O2/c1-15(14(19)20)7-4-8-18(10-15)13-9-16-17-12-6-3-2-5-11(12)13/h2-3,5-6,9H,4,7-8,10H2,1H3,(H,19,20). The Bertz CT molecular complexity index is 653. The first kappa shape index (κ1) is 12.8. The van der Waals surface area contributed by atoms with Gasteiger partial charge in [-0.2, -0.15) is 10.2 Å². The Labute approximate surface area is 117 Å². The van der Waals surface area contributed by atoms with E-state index in [0.29, 0.717) is 6.54 Å². The molecule has 1 fully saturated rings. The van der Waals surface area contributed by atoms with Gasteiger partial charge in [-0.1, -0.05) is 18.2 Å². The Kier molecular flexibility index (Phi) is 3.04. The number of anilines is 1. The Hall–Kier alpha value is -2.17. The second kappa shape index (κ2) is 4.74. The molecule has 3 rings (SSSR count). The lowest BCUT2D eigenvalue weighted by Gasteiger charge is -2.39. The maximum absolute atomic E-state index is 11.5. The van der Waals surface area contributed by atoms with Gasteiger partial charge in [0.25, 0.3) is 0 Å². The predicted octanol–water partition coefficient (Wildman–Crippen LogP) is 2.32. The number of fused-ring (bicyclic) bond motifs is 1. The van der Waals surface area contributed by atoms with Gasteiger partial charge in [-0.3, -0.25) is 4.79 Å². The summed E-state index contributed by atoms with van der Waals surface area (Å²) in [5.74, 6) is -0.728. The van der Waals surface area contributed by atoms with Crippen molar-refractivity contribution in [3.63, 3.8) is 0 Å². The molecule has 0 radical (unpaired) electrons. The maximum Gasteiger partial charge on any atom is 0.311 e. The minimum absolute atomic E-state index is 0.512. The molecule has 104 valence electrons. The number of piperidine rings is 1. The summed E-state index contributed by atoms with van der Waals surface area (Å²) in [5.41, 5.74) is 1.12. The van der Waals surface area contributed by atoms with Crippen LogP contribution >= 0.6 is 0 Å². The molecule has 0 spiro atoms. The lowest BCUT2D eigenvalue weighted by atomic mass is 9.82. The van der Waals surface area contributed by atoms with E-state index in [2.05, 4.69) is 15.1 Å². The Balaban J connectivity index is 2.01. The van der Waals surface area contributed by atoms with Gasteiger partial charge in [0.2, 0.25) is 0 Å². The van der Waals surface area contributed by atoms with Crippen LogP contribution in [0, 0.1) is 5.41 Å². The number of hydrogen-bond acceptors (Lipinski definition) is 4. The molecule has 2 aromatic rings. The number of aromatic nitrogens is 2. The average Bonchev–Trinajstić information content (AvgIpc) is 2.46. The molecule has 0 bridgehead atoms. The van der Waals surface area contributed by atoms with Crippen LogP contribution in [0.2, 0.25) is 0 Å². The van der Waals surface area contributed by atoms with Gasteiger partial charge in [0.1, 0.15) is 0 Å². The molecule has 1 aliphatic rings. The van der Waals surface area contributed by atoms with Gasteiger partial charge in [-0.05, 0) is 25.8 Å². The van der Waals surface area contributed by atoms with Crippen LogP contribution in [-0.2, 0) is 4.79 Å². The Morgan fingerprint density at radius 3 is 3.00 bits per heavy atom. The number of nitrogens with zero attached hydrogens (tertiary/aromatic N) is 3. The van der Waals surface area contributed by atoms with E-state index in [1.54, 1.807) is 6.20 Å². The van der Waals surface area contributed by atoms with E-state index < -0.39 is 11.4 Å². The van der Waals surface area contributed by atoms with Crippen molar-refractivity contribution in [1.29, 1.82) is 0 Å². The molecule has 2 heterocycles. The number of carboxylic acids is 1. The summed E-state index contributed by atoms with van der Waals surface area (Å²) >= 11 is 0. The molecule has 1 aromatic heterocycles. The molecule has 5 heteroatoms. The van der Waals surface area contributed by atoms with Gasteiger partial charge < -0.3 is 10.0 Å². The van der Waals surface area contributed by atoms with Gasteiger partial charge in [0, 0.05) is 18.5 Å². The highest BCUT2D eigenvalue weighted by Gasteiger charge is 2.38. The molecule has 1 N–H and O–H groups in total. The second-order valence-corrected chi connectivity index (χ2v) is 5.64. The third kappa shape index (κ3) is 2.09. The highest BCUT2D eigenvalue weighted by atomic mass is 16.4. The van der Waals surface area contributed by atoms with Crippen LogP contribution in [0.1, 0.15) is 19.8 Å². The van der Waals surface area contributed by atoms with E-state index in [-0.39, 0.29) is 0 Å². The van der Waals surface area contributed by atoms with E-state index in [0.717, 1.165) is 36.0 Å². The third-order valence-corrected chi connectivity index (χ3v) is 4.08. The van der Waals surface area contributed by atoms with Crippen LogP contribution < -0.4 is 4.90 Å². The van der Waals surface area contributed by atoms with E-state index in [9.17, 15) is 9.90 Å². The van der Waals surface area contributed by atoms with Crippen LogP contribution in [0.15, 0.2) is 30.5 Å². The molecule has 1 atom stereocenters. The monoisotopic (exact) mass is 271 g/mol. The summed E-state index contributed by atoms with van der Waals surface area (Å²) in [5, 5.41) is 18.6. The lowest BCUT2D eigenvalue weighted by Crippen LogP contribution is -2.46. The summed E-state index contributed by atoms with van der Waals surface area (Å²) in [4.78, 5) is 13.6. The highest BCUT2D eigenvalue weighted by molar-refractivity contribution is 5.91. The normalized spacial score (nSPS) is 22.9. The predicted molar refractivity (Wildman–Crippen MR) is 76.7 cm³/mol. The molecule has 1 unspecified atom stereocenters. The highest BCUT2D eigenvalue weighted by Crippen LogP contribution is 2.34. The molecule has 0 aliphatic carbocycles. The SMILES string of the molecule is CC1(C(=O)O)CCCN(c2cnnc3ccccc23)C1. The summed E-state index contributed by atoms with van der Waals surface area (Å²) in [6, 6.07) is 7.82. The Morgan fingerprint density at radius 1 is 1.40 bits per heavy atom. The summed E-state index contributed by atoms with van der Waals surface area (Å²) < 4.78 is 0. The van der Waals surface area contributed by atoms with Crippen molar-refractivity contribution in [1.82, 2.24) is 10.2 Å². The average molecular weight is 271 g/mol. The molecule has 1 saturated heterocycles. The molecular formula is C15H17N3O2. The van der Waals surface area contributed by atoms with E-state index in [4.69, 9.17) is 0 Å². The zero-order valence-corrected chi connectivity index (χ0v) is 11.4. The van der Waals surface area contributed by atoms with Crippen LogP contribution in [0.25, 0.3) is 10.9 Å². The minimum atomic E-state index is -0.728. The first-order valence-corrected chi connectivity index (χ1v) is 6.79. The number of carbonyl (C=O) groups is 1. The van der Waals surface area contributed by atoms with Crippen LogP contribution in [0.4, 0.5) is 5.69 Å². The molecule has 1 aliphatic heterocycles. The molecule has 5 nitrogen and oxygen atoms in total. The van der Waals surface area contributed by atoms with E-state index in [1.807, 2.05) is 31.2 Å². The number of aliphatic carboxylic acids is 1. The fraction of sp³-hybridized carbons (Fsp3) is 0.400. The van der Waals surface area contributed by atoms with Gasteiger partial charge in [0.05, 0.1) is 22.8 Å². The second-order valence-electron chi connectivity index (χ2n) is 5.64. The quantitative estimate of drug-likeness (QED) is 0.908. The largest absolute Gasteiger partial charge is 0.481 e. The van der Waals surface area contributed by atoms with Gasteiger partial charge in [-0.15, -0.1) is 0 Å². The summed E-state index contributed by atoms with van der Waals surface area (Å²) in [6.07, 6.45) is 3.32. The Morgan fingerprint density at radius 2 is 2.20 bits per heavy atom. The number of carboxylic acid groups (broad SMARTS) is 1. The molecule has 0 amide bonds.